The number of benzene rings is 1. The average Bonchev–Trinajstić information content (AvgIpc) is 2.97. The van der Waals surface area contributed by atoms with Crippen LogP contribution in [0, 0.1) is 0 Å². The first-order chi connectivity index (χ1) is 10.2. The molecule has 7 nitrogen and oxygen atoms in total. The Morgan fingerprint density at radius 3 is 3.14 bits per heavy atom. The summed E-state index contributed by atoms with van der Waals surface area (Å²) in [5, 5.41) is 20.0. The van der Waals surface area contributed by atoms with Crippen LogP contribution < -0.4 is 5.32 Å². The number of nitrogens with zero attached hydrogens (tertiary/aromatic N) is 4. The van der Waals surface area contributed by atoms with E-state index in [0.717, 1.165) is 5.56 Å². The van der Waals surface area contributed by atoms with E-state index in [4.69, 9.17) is 5.11 Å². The second-order valence-corrected chi connectivity index (χ2v) is 4.52. The zero-order chi connectivity index (χ0) is 14.7. The van der Waals surface area contributed by atoms with Crippen molar-refractivity contribution in [3.63, 3.8) is 0 Å². The Balaban J connectivity index is 1.67. The van der Waals surface area contributed by atoms with Crippen LogP contribution in [0.5, 0.6) is 0 Å². The minimum atomic E-state index is -0.917. The van der Waals surface area contributed by atoms with E-state index in [2.05, 4.69) is 20.5 Å². The second kappa shape index (κ2) is 5.58. The summed E-state index contributed by atoms with van der Waals surface area (Å²) < 4.78 is 1.78. The lowest BCUT2D eigenvalue weighted by Crippen LogP contribution is -2.08. The molecule has 3 rings (SSSR count). The summed E-state index contributed by atoms with van der Waals surface area (Å²) in [5.41, 5.74) is 1.91. The lowest BCUT2D eigenvalue weighted by Gasteiger charge is -2.06. The molecule has 0 saturated carbocycles. The summed E-state index contributed by atoms with van der Waals surface area (Å²) in [4.78, 5) is 15.1. The Morgan fingerprint density at radius 1 is 1.38 bits per heavy atom. The van der Waals surface area contributed by atoms with Crippen molar-refractivity contribution in [1.29, 1.82) is 0 Å². The smallest absolute Gasteiger partial charge is 0.335 e. The first kappa shape index (κ1) is 13.0. The number of carboxylic acid groups (broad SMARTS) is 1. The molecule has 3 aromatic rings. The largest absolute Gasteiger partial charge is 0.478 e. The van der Waals surface area contributed by atoms with Gasteiger partial charge in [0.1, 0.15) is 6.33 Å². The topological polar surface area (TPSA) is 92.4 Å². The number of aromatic carboxylic acids is 1. The third kappa shape index (κ3) is 2.81. The van der Waals surface area contributed by atoms with E-state index in [1.54, 1.807) is 41.3 Å². The molecule has 1 aromatic carbocycles. The molecule has 0 aliphatic heterocycles. The van der Waals surface area contributed by atoms with Crippen molar-refractivity contribution in [2.24, 2.45) is 0 Å². The van der Waals surface area contributed by atoms with Gasteiger partial charge in [-0.15, -0.1) is 10.2 Å². The van der Waals surface area contributed by atoms with Gasteiger partial charge in [0.15, 0.2) is 5.82 Å². The molecule has 2 aromatic heterocycles. The molecule has 0 aliphatic rings. The molecule has 106 valence electrons. The molecular formula is C14H13N5O2. The fourth-order valence-corrected chi connectivity index (χ4v) is 2.07. The van der Waals surface area contributed by atoms with Crippen molar-refractivity contribution in [2.75, 3.05) is 11.9 Å². The first-order valence-electron chi connectivity index (χ1n) is 6.44. The molecule has 0 spiro atoms. The molecule has 0 unspecified atom stereocenters. The lowest BCUT2D eigenvalue weighted by atomic mass is 10.1. The van der Waals surface area contributed by atoms with Gasteiger partial charge in [0.2, 0.25) is 5.65 Å². The Bertz CT molecular complexity index is 784. The van der Waals surface area contributed by atoms with Crippen molar-refractivity contribution in [3.05, 3.63) is 54.1 Å². The van der Waals surface area contributed by atoms with Crippen LogP contribution in [0.4, 0.5) is 5.82 Å². The number of carboxylic acids is 1. The SMILES string of the molecule is O=C(O)c1cccc(CCNc2nccn3cnnc23)c1. The standard InChI is InChI=1S/C14H13N5O2/c20-14(21)11-3-1-2-10(8-11)4-5-15-12-13-18-17-9-19(13)7-6-16-12/h1-3,6-9H,4-5H2,(H,15,16)(H,20,21). The fourth-order valence-electron chi connectivity index (χ4n) is 2.07. The molecule has 0 radical (unpaired) electrons. The monoisotopic (exact) mass is 283 g/mol. The highest BCUT2D eigenvalue weighted by atomic mass is 16.4. The van der Waals surface area contributed by atoms with Crippen molar-refractivity contribution >= 4 is 17.4 Å². The van der Waals surface area contributed by atoms with Gasteiger partial charge in [-0.3, -0.25) is 4.40 Å². The number of anilines is 1. The van der Waals surface area contributed by atoms with E-state index in [-0.39, 0.29) is 0 Å². The van der Waals surface area contributed by atoms with Gasteiger partial charge in [0, 0.05) is 18.9 Å². The van der Waals surface area contributed by atoms with Gasteiger partial charge in [-0.1, -0.05) is 12.1 Å². The number of rotatable bonds is 5. The third-order valence-electron chi connectivity index (χ3n) is 3.10. The number of hydrogen-bond acceptors (Lipinski definition) is 5. The van der Waals surface area contributed by atoms with Crippen molar-refractivity contribution < 1.29 is 9.90 Å². The molecular weight excluding hydrogens is 270 g/mol. The van der Waals surface area contributed by atoms with E-state index in [1.165, 1.54) is 0 Å². The maximum absolute atomic E-state index is 10.9. The molecule has 0 bridgehead atoms. The molecule has 0 fully saturated rings. The normalized spacial score (nSPS) is 10.7. The van der Waals surface area contributed by atoms with E-state index < -0.39 is 5.97 Å². The van der Waals surface area contributed by atoms with Gasteiger partial charge >= 0.3 is 5.97 Å². The highest BCUT2D eigenvalue weighted by molar-refractivity contribution is 5.87. The summed E-state index contributed by atoms with van der Waals surface area (Å²) in [6.07, 6.45) is 5.75. The molecule has 0 aliphatic carbocycles. The highest BCUT2D eigenvalue weighted by Crippen LogP contribution is 2.11. The van der Waals surface area contributed by atoms with Gasteiger partial charge in [0.25, 0.3) is 0 Å². The van der Waals surface area contributed by atoms with Crippen molar-refractivity contribution in [1.82, 2.24) is 19.6 Å². The summed E-state index contributed by atoms with van der Waals surface area (Å²) >= 11 is 0. The Labute approximate surface area is 120 Å². The number of hydrogen-bond donors (Lipinski definition) is 2. The van der Waals surface area contributed by atoms with Gasteiger partial charge in [0.05, 0.1) is 5.56 Å². The van der Waals surface area contributed by atoms with Crippen molar-refractivity contribution in [3.8, 4) is 0 Å². The number of aromatic nitrogens is 4. The van der Waals surface area contributed by atoms with Gasteiger partial charge in [-0.2, -0.15) is 0 Å². The van der Waals surface area contributed by atoms with Crippen LogP contribution >= 0.6 is 0 Å². The number of nitrogens with one attached hydrogen (secondary N) is 1. The number of carbonyl (C=O) groups is 1. The summed E-state index contributed by atoms with van der Waals surface area (Å²) in [6.45, 7) is 0.628. The molecule has 21 heavy (non-hydrogen) atoms. The lowest BCUT2D eigenvalue weighted by molar-refractivity contribution is 0.0697. The molecule has 0 amide bonds. The van der Waals surface area contributed by atoms with E-state index in [0.29, 0.717) is 30.0 Å². The summed E-state index contributed by atoms with van der Waals surface area (Å²) in [6, 6.07) is 6.91. The molecule has 0 saturated heterocycles. The molecule has 2 heterocycles. The highest BCUT2D eigenvalue weighted by Gasteiger charge is 2.05. The predicted molar refractivity (Wildman–Crippen MR) is 76.4 cm³/mol. The summed E-state index contributed by atoms with van der Waals surface area (Å²) in [7, 11) is 0. The summed E-state index contributed by atoms with van der Waals surface area (Å²) in [5.74, 6) is -0.260. The maximum Gasteiger partial charge on any atom is 0.335 e. The molecule has 7 heteroatoms. The Hall–Kier alpha value is -2.96. The van der Waals surface area contributed by atoms with Crippen LogP contribution in [0.15, 0.2) is 43.0 Å². The quantitative estimate of drug-likeness (QED) is 0.736. The van der Waals surface area contributed by atoms with Gasteiger partial charge in [-0.25, -0.2) is 9.78 Å². The zero-order valence-electron chi connectivity index (χ0n) is 11.1. The molecule has 2 N–H and O–H groups in total. The van der Waals surface area contributed by atoms with E-state index in [9.17, 15) is 4.79 Å². The third-order valence-corrected chi connectivity index (χ3v) is 3.10. The van der Waals surface area contributed by atoms with Gasteiger partial charge in [-0.05, 0) is 24.1 Å². The van der Waals surface area contributed by atoms with Crippen LogP contribution in [0.3, 0.4) is 0 Å². The minimum Gasteiger partial charge on any atom is -0.478 e. The zero-order valence-corrected chi connectivity index (χ0v) is 11.1. The van der Waals surface area contributed by atoms with Crippen LogP contribution in [0.2, 0.25) is 0 Å². The van der Waals surface area contributed by atoms with Crippen LogP contribution in [-0.2, 0) is 6.42 Å². The van der Waals surface area contributed by atoms with Crippen molar-refractivity contribution in [2.45, 2.75) is 6.42 Å². The second-order valence-electron chi connectivity index (χ2n) is 4.52. The Morgan fingerprint density at radius 2 is 2.29 bits per heavy atom. The minimum absolute atomic E-state index is 0.296. The maximum atomic E-state index is 10.9. The van der Waals surface area contributed by atoms with Crippen LogP contribution in [0.1, 0.15) is 15.9 Å². The fraction of sp³-hybridized carbons (Fsp3) is 0.143. The Kier molecular flexibility index (Phi) is 3.46. The first-order valence-corrected chi connectivity index (χ1v) is 6.44. The predicted octanol–water partition coefficient (Wildman–Crippen LogP) is 1.48. The van der Waals surface area contributed by atoms with Crippen LogP contribution in [0.25, 0.3) is 5.65 Å². The average molecular weight is 283 g/mol. The van der Waals surface area contributed by atoms with E-state index >= 15 is 0 Å². The number of fused-ring (bicyclic) bond motifs is 1. The molecule has 0 atom stereocenters. The van der Waals surface area contributed by atoms with Crippen LogP contribution in [-0.4, -0.2) is 37.2 Å². The van der Waals surface area contributed by atoms with E-state index in [1.807, 2.05) is 6.07 Å². The van der Waals surface area contributed by atoms with Gasteiger partial charge < -0.3 is 10.4 Å².